The molecule has 0 radical (unpaired) electrons. The predicted octanol–water partition coefficient (Wildman–Crippen LogP) is 2.34. The lowest BCUT2D eigenvalue weighted by Crippen LogP contribution is -2.47. The number of hydrogen-bond acceptors (Lipinski definition) is 4. The summed E-state index contributed by atoms with van der Waals surface area (Å²) in [6.07, 6.45) is 1.71. The van der Waals surface area contributed by atoms with Gasteiger partial charge in [0.1, 0.15) is 5.82 Å². The van der Waals surface area contributed by atoms with Crippen LogP contribution in [0.3, 0.4) is 0 Å². The van der Waals surface area contributed by atoms with Crippen molar-refractivity contribution in [3.05, 3.63) is 35.6 Å². The van der Waals surface area contributed by atoms with E-state index < -0.39 is 0 Å². The van der Waals surface area contributed by atoms with E-state index in [4.69, 9.17) is 4.74 Å². The van der Waals surface area contributed by atoms with Crippen LogP contribution in [0.15, 0.2) is 29.3 Å². The summed E-state index contributed by atoms with van der Waals surface area (Å²) in [7, 11) is 0. The van der Waals surface area contributed by atoms with Gasteiger partial charge in [-0.2, -0.15) is 0 Å². The number of nitrogens with one attached hydrogen (secondary N) is 2. The molecule has 0 aliphatic carbocycles. The number of guanidine groups is 1. The molecule has 7 nitrogen and oxygen atoms in total. The Hall–Kier alpha value is -1.91. The Morgan fingerprint density at radius 1 is 1.17 bits per heavy atom. The molecule has 0 bridgehead atoms. The SMILES string of the molecule is CCNC(=NCCNC(=O)Cc1ccc(F)cc1)N1CCC(C(=O)OCC)CC1.I. The number of aliphatic imine (C=N–C) groups is 1. The summed E-state index contributed by atoms with van der Waals surface area (Å²) in [5.74, 6) is 0.207. The van der Waals surface area contributed by atoms with Gasteiger partial charge in [-0.3, -0.25) is 14.6 Å². The quantitative estimate of drug-likeness (QED) is 0.176. The second-order valence-corrected chi connectivity index (χ2v) is 6.90. The largest absolute Gasteiger partial charge is 0.466 e. The third-order valence-electron chi connectivity index (χ3n) is 4.72. The third kappa shape index (κ3) is 8.85. The van der Waals surface area contributed by atoms with Gasteiger partial charge in [-0.25, -0.2) is 4.39 Å². The maximum absolute atomic E-state index is 12.9. The zero-order chi connectivity index (χ0) is 21.1. The van der Waals surface area contributed by atoms with Crippen molar-refractivity contribution >= 4 is 41.8 Å². The number of nitrogens with zero attached hydrogens (tertiary/aromatic N) is 2. The van der Waals surface area contributed by atoms with E-state index in [0.29, 0.717) is 19.7 Å². The van der Waals surface area contributed by atoms with Crippen LogP contribution in [0.2, 0.25) is 0 Å². The summed E-state index contributed by atoms with van der Waals surface area (Å²) >= 11 is 0. The first-order chi connectivity index (χ1) is 14.0. The van der Waals surface area contributed by atoms with Crippen LogP contribution in [-0.2, 0) is 20.7 Å². The highest BCUT2D eigenvalue weighted by Crippen LogP contribution is 2.18. The topological polar surface area (TPSA) is 83.0 Å². The Bertz CT molecular complexity index is 692. The lowest BCUT2D eigenvalue weighted by atomic mass is 9.97. The molecule has 1 aliphatic rings. The fraction of sp³-hybridized carbons (Fsp3) is 0.571. The summed E-state index contributed by atoms with van der Waals surface area (Å²) in [6.45, 7) is 7.35. The Morgan fingerprint density at radius 3 is 2.43 bits per heavy atom. The first-order valence-corrected chi connectivity index (χ1v) is 10.2. The fourth-order valence-electron chi connectivity index (χ4n) is 3.22. The lowest BCUT2D eigenvalue weighted by Gasteiger charge is -2.33. The monoisotopic (exact) mass is 534 g/mol. The van der Waals surface area contributed by atoms with Crippen LogP contribution in [0, 0.1) is 11.7 Å². The number of piperidine rings is 1. The van der Waals surface area contributed by atoms with Gasteiger partial charge in [0.2, 0.25) is 5.91 Å². The first kappa shape index (κ1) is 26.1. The second-order valence-electron chi connectivity index (χ2n) is 6.90. The average molecular weight is 534 g/mol. The van der Waals surface area contributed by atoms with Gasteiger partial charge in [0, 0.05) is 26.2 Å². The van der Waals surface area contributed by atoms with E-state index in [0.717, 1.165) is 44.0 Å². The zero-order valence-corrected chi connectivity index (χ0v) is 20.0. The van der Waals surface area contributed by atoms with E-state index in [-0.39, 0.29) is 54.0 Å². The molecule has 30 heavy (non-hydrogen) atoms. The smallest absolute Gasteiger partial charge is 0.309 e. The van der Waals surface area contributed by atoms with Gasteiger partial charge < -0.3 is 20.3 Å². The highest BCUT2D eigenvalue weighted by atomic mass is 127. The molecule has 1 aliphatic heterocycles. The van der Waals surface area contributed by atoms with Crippen LogP contribution in [0.5, 0.6) is 0 Å². The van der Waals surface area contributed by atoms with Gasteiger partial charge in [-0.05, 0) is 44.4 Å². The summed E-state index contributed by atoms with van der Waals surface area (Å²) in [5, 5.41) is 6.10. The van der Waals surface area contributed by atoms with Crippen molar-refractivity contribution in [2.75, 3.05) is 39.3 Å². The van der Waals surface area contributed by atoms with Crippen LogP contribution in [0.4, 0.5) is 4.39 Å². The van der Waals surface area contributed by atoms with Gasteiger partial charge in [0.25, 0.3) is 0 Å². The van der Waals surface area contributed by atoms with E-state index >= 15 is 0 Å². The molecule has 0 saturated carbocycles. The molecule has 1 heterocycles. The van der Waals surface area contributed by atoms with Crippen LogP contribution < -0.4 is 10.6 Å². The highest BCUT2D eigenvalue weighted by Gasteiger charge is 2.27. The second kappa shape index (κ2) is 14.2. The Morgan fingerprint density at radius 2 is 1.83 bits per heavy atom. The van der Waals surface area contributed by atoms with Crippen LogP contribution >= 0.6 is 24.0 Å². The van der Waals surface area contributed by atoms with Gasteiger partial charge in [-0.1, -0.05) is 12.1 Å². The predicted molar refractivity (Wildman–Crippen MR) is 125 cm³/mol. The van der Waals surface area contributed by atoms with Gasteiger partial charge >= 0.3 is 5.97 Å². The van der Waals surface area contributed by atoms with E-state index in [9.17, 15) is 14.0 Å². The molecular weight excluding hydrogens is 502 g/mol. The molecule has 2 N–H and O–H groups in total. The average Bonchev–Trinajstić information content (AvgIpc) is 2.72. The number of rotatable bonds is 8. The standard InChI is InChI=1S/C21H31FN4O3.HI/c1-3-23-21(26-13-9-17(10-14-26)20(28)29-4-2)25-12-11-24-19(27)15-16-5-7-18(22)8-6-16;/h5-8,17H,3-4,9-15H2,1-2H3,(H,23,25)(H,24,27);1H. The highest BCUT2D eigenvalue weighted by molar-refractivity contribution is 14.0. The number of amides is 1. The van der Waals surface area contributed by atoms with Crippen molar-refractivity contribution in [2.45, 2.75) is 33.1 Å². The fourth-order valence-corrected chi connectivity index (χ4v) is 3.22. The molecule has 0 aromatic heterocycles. The number of hydrogen-bond donors (Lipinski definition) is 2. The molecule has 0 spiro atoms. The van der Waals surface area contributed by atoms with Crippen LogP contribution in [0.1, 0.15) is 32.3 Å². The molecule has 2 rings (SSSR count). The maximum atomic E-state index is 12.9. The summed E-state index contributed by atoms with van der Waals surface area (Å²) in [4.78, 5) is 30.6. The summed E-state index contributed by atoms with van der Waals surface area (Å²) in [6, 6.07) is 5.91. The minimum atomic E-state index is -0.314. The molecule has 9 heteroatoms. The summed E-state index contributed by atoms with van der Waals surface area (Å²) < 4.78 is 18.0. The molecule has 168 valence electrons. The van der Waals surface area contributed by atoms with Crippen molar-refractivity contribution in [1.82, 2.24) is 15.5 Å². The van der Waals surface area contributed by atoms with Gasteiger partial charge in [0.05, 0.1) is 25.5 Å². The Balaban J connectivity index is 0.00000450. The third-order valence-corrected chi connectivity index (χ3v) is 4.72. The number of ether oxygens (including phenoxy) is 1. The molecule has 1 aromatic rings. The minimum Gasteiger partial charge on any atom is -0.466 e. The van der Waals surface area contributed by atoms with Crippen molar-refractivity contribution in [3.8, 4) is 0 Å². The number of carbonyl (C=O) groups is 2. The van der Waals surface area contributed by atoms with Crippen LogP contribution in [0.25, 0.3) is 0 Å². The van der Waals surface area contributed by atoms with Crippen molar-refractivity contribution in [1.29, 1.82) is 0 Å². The maximum Gasteiger partial charge on any atom is 0.309 e. The van der Waals surface area contributed by atoms with Crippen molar-refractivity contribution in [2.24, 2.45) is 10.9 Å². The minimum absolute atomic E-state index is 0. The lowest BCUT2D eigenvalue weighted by molar-refractivity contribution is -0.149. The number of esters is 1. The first-order valence-electron chi connectivity index (χ1n) is 10.2. The number of carbonyl (C=O) groups excluding carboxylic acids is 2. The Kier molecular flexibility index (Phi) is 12.3. The van der Waals surface area contributed by atoms with Crippen molar-refractivity contribution in [3.63, 3.8) is 0 Å². The van der Waals surface area contributed by atoms with Gasteiger partial charge in [-0.15, -0.1) is 24.0 Å². The molecule has 1 fully saturated rings. The molecule has 1 amide bonds. The molecule has 1 saturated heterocycles. The van der Waals surface area contributed by atoms with Crippen LogP contribution in [-0.4, -0.2) is 62.1 Å². The number of benzene rings is 1. The molecular formula is C21H32FIN4O3. The van der Waals surface area contributed by atoms with E-state index in [1.165, 1.54) is 12.1 Å². The van der Waals surface area contributed by atoms with Gasteiger partial charge in [0.15, 0.2) is 5.96 Å². The summed E-state index contributed by atoms with van der Waals surface area (Å²) in [5.41, 5.74) is 0.769. The normalized spacial score (nSPS) is 14.6. The number of likely N-dealkylation sites (tertiary alicyclic amines) is 1. The molecule has 1 aromatic carbocycles. The number of halogens is 2. The van der Waals surface area contributed by atoms with E-state index in [1.807, 2.05) is 13.8 Å². The van der Waals surface area contributed by atoms with E-state index in [2.05, 4.69) is 20.5 Å². The van der Waals surface area contributed by atoms with E-state index in [1.54, 1.807) is 12.1 Å². The molecule has 0 atom stereocenters. The molecule has 0 unspecified atom stereocenters. The van der Waals surface area contributed by atoms with Crippen molar-refractivity contribution < 1.29 is 18.7 Å². The zero-order valence-electron chi connectivity index (χ0n) is 17.7. The Labute approximate surface area is 194 Å².